The third kappa shape index (κ3) is 10.0. The van der Waals surface area contributed by atoms with Gasteiger partial charge in [0, 0.05) is 16.6 Å². The molecule has 4 N–H and O–H groups in total. The van der Waals surface area contributed by atoms with E-state index in [-0.39, 0.29) is 30.9 Å². The molecule has 0 amide bonds. The number of terminal acetylenes is 1. The topological polar surface area (TPSA) is 139 Å². The van der Waals surface area contributed by atoms with Gasteiger partial charge in [-0.3, -0.25) is 20.1 Å². The van der Waals surface area contributed by atoms with Crippen molar-refractivity contribution in [2.75, 3.05) is 0 Å². The highest BCUT2D eigenvalue weighted by atomic mass is 35.5. The number of aliphatic hydroxyl groups is 2. The SMILES string of the molecule is C#CCn1c(=N)n(CC(O)c2ccc(Cl)c(Cl)c2)c2ccc(Cl)cc21.N=c1n(Cc2cn(CCc3ccccc3)nn2)c2cc(Cl)ccc2n1CC(O)c1ccc(Cl)c(Cl)c1. The average molecular weight is 937 g/mol. The molecule has 8 rings (SSSR count). The number of aliphatic hydroxyl groups excluding tert-OH is 2. The zero-order valence-electron chi connectivity index (χ0n) is 32.2. The third-order valence-corrected chi connectivity index (χ3v) is 12.0. The molecule has 3 heterocycles. The largest absolute Gasteiger partial charge is 0.387 e. The molecule has 0 aliphatic heterocycles. The van der Waals surface area contributed by atoms with E-state index >= 15 is 0 Å². The first kappa shape index (κ1) is 44.1. The first-order valence-electron chi connectivity index (χ1n) is 18.8. The molecular formula is C44H37Cl6N9O2. The maximum absolute atomic E-state index is 10.9. The van der Waals surface area contributed by atoms with Gasteiger partial charge in [0.1, 0.15) is 5.69 Å². The lowest BCUT2D eigenvalue weighted by atomic mass is 10.1. The molecule has 0 aliphatic carbocycles. The fourth-order valence-corrected chi connectivity index (χ4v) is 7.92. The van der Waals surface area contributed by atoms with Gasteiger partial charge in [-0.05, 0) is 83.8 Å². The van der Waals surface area contributed by atoms with E-state index in [1.807, 2.05) is 51.8 Å². The number of fused-ring (bicyclic) bond motifs is 2. The summed E-state index contributed by atoms with van der Waals surface area (Å²) in [6, 6.07) is 31.0. The zero-order chi connectivity index (χ0) is 43.4. The second-order valence-corrected chi connectivity index (χ2v) is 16.6. The van der Waals surface area contributed by atoms with Crippen molar-refractivity contribution in [3.05, 3.63) is 173 Å². The summed E-state index contributed by atoms with van der Waals surface area (Å²) in [5, 5.41) is 50.1. The van der Waals surface area contributed by atoms with E-state index < -0.39 is 12.2 Å². The summed E-state index contributed by atoms with van der Waals surface area (Å²) in [6.45, 7) is 1.62. The summed E-state index contributed by atoms with van der Waals surface area (Å²) in [5.41, 5.74) is 6.66. The molecule has 3 aromatic heterocycles. The Morgan fingerprint density at radius 1 is 0.607 bits per heavy atom. The van der Waals surface area contributed by atoms with Crippen molar-refractivity contribution < 1.29 is 10.2 Å². The minimum atomic E-state index is -0.887. The van der Waals surface area contributed by atoms with E-state index in [4.69, 9.17) is 86.8 Å². The van der Waals surface area contributed by atoms with Gasteiger partial charge in [0.05, 0.1) is 86.7 Å². The van der Waals surface area contributed by atoms with Crippen LogP contribution in [0.15, 0.2) is 109 Å². The number of halogens is 6. The van der Waals surface area contributed by atoms with Crippen molar-refractivity contribution in [1.82, 2.24) is 33.3 Å². The van der Waals surface area contributed by atoms with E-state index in [9.17, 15) is 10.2 Å². The second kappa shape index (κ2) is 19.4. The molecule has 0 bridgehead atoms. The second-order valence-electron chi connectivity index (χ2n) is 14.1. The van der Waals surface area contributed by atoms with Crippen LogP contribution in [-0.2, 0) is 39.1 Å². The van der Waals surface area contributed by atoms with Gasteiger partial charge in [0.15, 0.2) is 0 Å². The standard InChI is InChI=1S/C26H23Cl3N6O.C18H14Cl3N3O/c27-19-7-9-23-24(13-19)34(15-20-14-33(32-31-20)11-10-17-4-2-1-3-5-17)26(30)35(23)16-25(36)18-6-8-21(28)22(29)12-18;1-2-7-23-16-9-12(19)4-6-15(16)24(18(23)22)10-17(25)11-3-5-13(20)14(21)8-11/h1-9,12-14,25,30,36H,10-11,15-16H2;1,3-6,8-9,17,22,25H,7,10H2. The Morgan fingerprint density at radius 2 is 1.13 bits per heavy atom. The Labute approximate surface area is 380 Å². The Hall–Kier alpha value is -5.00. The molecule has 0 fully saturated rings. The molecule has 0 saturated heterocycles. The Bertz CT molecular complexity index is 3020. The quantitative estimate of drug-likeness (QED) is 0.0907. The maximum atomic E-state index is 10.9. The summed E-state index contributed by atoms with van der Waals surface area (Å²) >= 11 is 36.5. The number of imidazole rings is 2. The van der Waals surface area contributed by atoms with E-state index in [0.717, 1.165) is 34.2 Å². The van der Waals surface area contributed by atoms with Crippen LogP contribution in [-0.4, -0.2) is 43.5 Å². The minimum Gasteiger partial charge on any atom is -0.387 e. The lowest BCUT2D eigenvalue weighted by Crippen LogP contribution is -2.27. The van der Waals surface area contributed by atoms with E-state index in [2.05, 4.69) is 28.4 Å². The predicted molar refractivity (Wildman–Crippen MR) is 243 cm³/mol. The van der Waals surface area contributed by atoms with Crippen molar-refractivity contribution >= 4 is 91.7 Å². The maximum Gasteiger partial charge on any atom is 0.203 e. The van der Waals surface area contributed by atoms with Crippen LogP contribution in [0, 0.1) is 23.2 Å². The highest BCUT2D eigenvalue weighted by Crippen LogP contribution is 2.29. The number of aromatic nitrogens is 7. The van der Waals surface area contributed by atoms with Crippen LogP contribution >= 0.6 is 69.6 Å². The smallest absolute Gasteiger partial charge is 0.203 e. The predicted octanol–water partition coefficient (Wildman–Crippen LogP) is 9.75. The van der Waals surface area contributed by atoms with Crippen molar-refractivity contribution in [1.29, 1.82) is 10.8 Å². The first-order chi connectivity index (χ1) is 29.3. The first-order valence-corrected chi connectivity index (χ1v) is 21.1. The monoisotopic (exact) mass is 933 g/mol. The molecule has 0 aliphatic rings. The molecule has 17 heteroatoms. The van der Waals surface area contributed by atoms with Crippen LogP contribution in [0.4, 0.5) is 0 Å². The summed E-state index contributed by atoms with van der Waals surface area (Å²) < 4.78 is 8.73. The molecule has 5 aromatic carbocycles. The number of benzene rings is 5. The number of hydrogen-bond donors (Lipinski definition) is 4. The number of nitrogens with zero attached hydrogens (tertiary/aromatic N) is 7. The molecular weight excluding hydrogens is 899 g/mol. The molecule has 61 heavy (non-hydrogen) atoms. The molecule has 0 saturated carbocycles. The average Bonchev–Trinajstić information content (AvgIpc) is 3.88. The van der Waals surface area contributed by atoms with E-state index in [1.54, 1.807) is 68.3 Å². The molecule has 312 valence electrons. The summed E-state index contributed by atoms with van der Waals surface area (Å²) in [4.78, 5) is 0. The lowest BCUT2D eigenvalue weighted by Gasteiger charge is -2.13. The third-order valence-electron chi connectivity index (χ3n) is 10.1. The van der Waals surface area contributed by atoms with Crippen LogP contribution in [0.5, 0.6) is 0 Å². The minimum absolute atomic E-state index is 0.158. The summed E-state index contributed by atoms with van der Waals surface area (Å²) in [5.74, 6) is 2.54. The summed E-state index contributed by atoms with van der Waals surface area (Å²) in [6.07, 6.45) is 6.42. The van der Waals surface area contributed by atoms with Crippen LogP contribution in [0.25, 0.3) is 22.1 Å². The van der Waals surface area contributed by atoms with Gasteiger partial charge < -0.3 is 23.9 Å². The molecule has 2 unspecified atom stereocenters. The number of aryl methyl sites for hydroxylation is 2. The molecule has 0 radical (unpaired) electrons. The molecule has 8 aromatic rings. The number of hydrogen-bond acceptors (Lipinski definition) is 6. The van der Waals surface area contributed by atoms with Crippen LogP contribution in [0.2, 0.25) is 30.1 Å². The Kier molecular flexibility index (Phi) is 14.0. The highest BCUT2D eigenvalue weighted by Gasteiger charge is 2.19. The van der Waals surface area contributed by atoms with E-state index in [0.29, 0.717) is 54.4 Å². The van der Waals surface area contributed by atoms with Gasteiger partial charge >= 0.3 is 0 Å². The highest BCUT2D eigenvalue weighted by molar-refractivity contribution is 6.42. The van der Waals surface area contributed by atoms with Crippen molar-refractivity contribution in [2.24, 2.45) is 0 Å². The van der Waals surface area contributed by atoms with Crippen LogP contribution in [0.3, 0.4) is 0 Å². The van der Waals surface area contributed by atoms with Gasteiger partial charge in [0.25, 0.3) is 0 Å². The van der Waals surface area contributed by atoms with Crippen LogP contribution in [0.1, 0.15) is 34.6 Å². The molecule has 11 nitrogen and oxygen atoms in total. The van der Waals surface area contributed by atoms with Gasteiger partial charge in [0.2, 0.25) is 11.2 Å². The van der Waals surface area contributed by atoms with Gasteiger partial charge in [-0.2, -0.15) is 0 Å². The fourth-order valence-electron chi connectivity index (χ4n) is 6.98. The Balaban J connectivity index is 0.000000197. The van der Waals surface area contributed by atoms with Crippen molar-refractivity contribution in [3.8, 4) is 12.3 Å². The van der Waals surface area contributed by atoms with Crippen molar-refractivity contribution in [2.45, 2.75) is 51.4 Å². The van der Waals surface area contributed by atoms with Gasteiger partial charge in [-0.1, -0.05) is 123 Å². The Morgan fingerprint density at radius 3 is 1.66 bits per heavy atom. The van der Waals surface area contributed by atoms with Crippen LogP contribution < -0.4 is 11.2 Å². The van der Waals surface area contributed by atoms with Crippen molar-refractivity contribution in [3.63, 3.8) is 0 Å². The van der Waals surface area contributed by atoms with Gasteiger partial charge in [-0.15, -0.1) is 11.5 Å². The van der Waals surface area contributed by atoms with E-state index in [1.165, 1.54) is 5.56 Å². The fraction of sp³-hybridized carbons (Fsp3) is 0.182. The number of rotatable bonds is 12. The zero-order valence-corrected chi connectivity index (χ0v) is 36.7. The van der Waals surface area contributed by atoms with Gasteiger partial charge in [-0.25, -0.2) is 0 Å². The molecule has 2 atom stereocenters. The normalized spacial score (nSPS) is 12.3. The molecule has 0 spiro atoms. The number of nitrogens with one attached hydrogen (secondary N) is 2. The lowest BCUT2D eigenvalue weighted by molar-refractivity contribution is 0.155. The summed E-state index contributed by atoms with van der Waals surface area (Å²) in [7, 11) is 0.